The van der Waals surface area contributed by atoms with E-state index in [-0.39, 0.29) is 5.91 Å². The molecule has 24 heavy (non-hydrogen) atoms. The highest BCUT2D eigenvalue weighted by Gasteiger charge is 2.42. The first-order valence-electron chi connectivity index (χ1n) is 9.15. The van der Waals surface area contributed by atoms with Crippen molar-refractivity contribution in [1.82, 2.24) is 10.2 Å². The maximum Gasteiger partial charge on any atom is 0.233 e. The van der Waals surface area contributed by atoms with Crippen LogP contribution in [0.2, 0.25) is 0 Å². The zero-order chi connectivity index (χ0) is 17.1. The van der Waals surface area contributed by atoms with Gasteiger partial charge in [-0.05, 0) is 48.5 Å². The summed E-state index contributed by atoms with van der Waals surface area (Å²) in [6, 6.07) is 4.75. The van der Waals surface area contributed by atoms with Crippen LogP contribution in [-0.4, -0.2) is 43.2 Å². The van der Waals surface area contributed by atoms with Crippen molar-refractivity contribution in [3.8, 4) is 0 Å². The third kappa shape index (κ3) is 4.19. The number of fused-ring (bicyclic) bond motifs is 1. The highest BCUT2D eigenvalue weighted by molar-refractivity contribution is 7.09. The van der Waals surface area contributed by atoms with Crippen molar-refractivity contribution < 1.29 is 9.53 Å². The van der Waals surface area contributed by atoms with E-state index in [9.17, 15) is 4.79 Å². The number of likely N-dealkylation sites (N-methyl/N-ethyl adjacent to an activating group) is 1. The van der Waals surface area contributed by atoms with Gasteiger partial charge in [-0.25, -0.2) is 0 Å². The molecule has 4 atom stereocenters. The van der Waals surface area contributed by atoms with Crippen LogP contribution in [0, 0.1) is 17.8 Å². The van der Waals surface area contributed by atoms with Crippen LogP contribution >= 0.6 is 11.3 Å². The fourth-order valence-electron chi connectivity index (χ4n) is 4.23. The second-order valence-electron chi connectivity index (χ2n) is 7.65. The lowest BCUT2D eigenvalue weighted by Gasteiger charge is -2.34. The van der Waals surface area contributed by atoms with Crippen molar-refractivity contribution in [2.24, 2.45) is 17.8 Å². The first-order valence-corrected chi connectivity index (χ1v) is 10.0. The minimum absolute atomic E-state index is 0.109. The van der Waals surface area contributed by atoms with Gasteiger partial charge in [0.2, 0.25) is 5.91 Å². The topological polar surface area (TPSA) is 41.6 Å². The fourth-order valence-corrected chi connectivity index (χ4v) is 4.96. The van der Waals surface area contributed by atoms with Gasteiger partial charge >= 0.3 is 0 Å². The SMILES string of the molecule is CNC(=O)CN(Cc1cccs1)[C@@H]1C[C@@H]2CO[C@H](C(C)C)C[C@@H]2C1. The number of carbonyl (C=O) groups is 1. The normalized spacial score (nSPS) is 29.9. The molecule has 5 heteroatoms. The Morgan fingerprint density at radius 1 is 1.38 bits per heavy atom. The monoisotopic (exact) mass is 350 g/mol. The van der Waals surface area contributed by atoms with Crippen LogP contribution in [0.25, 0.3) is 0 Å². The number of nitrogens with one attached hydrogen (secondary N) is 1. The fraction of sp³-hybridized carbons (Fsp3) is 0.737. The third-order valence-electron chi connectivity index (χ3n) is 5.70. The van der Waals surface area contributed by atoms with Crippen molar-refractivity contribution >= 4 is 17.2 Å². The Balaban J connectivity index is 1.66. The van der Waals surface area contributed by atoms with Gasteiger partial charge in [-0.2, -0.15) is 0 Å². The molecular formula is C19H30N2O2S. The molecule has 0 unspecified atom stereocenters. The molecule has 1 amide bonds. The number of nitrogens with zero attached hydrogens (tertiary/aromatic N) is 1. The lowest BCUT2D eigenvalue weighted by Crippen LogP contribution is -2.40. The van der Waals surface area contributed by atoms with Gasteiger partial charge in [-0.1, -0.05) is 19.9 Å². The smallest absolute Gasteiger partial charge is 0.233 e. The predicted molar refractivity (Wildman–Crippen MR) is 98.0 cm³/mol. The quantitative estimate of drug-likeness (QED) is 0.857. The van der Waals surface area contributed by atoms with Gasteiger partial charge in [-0.3, -0.25) is 9.69 Å². The lowest BCUT2D eigenvalue weighted by molar-refractivity contribution is -0.122. The number of hydrogen-bond donors (Lipinski definition) is 1. The molecule has 1 saturated heterocycles. The highest BCUT2D eigenvalue weighted by atomic mass is 32.1. The van der Waals surface area contributed by atoms with Gasteiger partial charge in [-0.15, -0.1) is 11.3 Å². The Bertz CT molecular complexity index is 531. The second kappa shape index (κ2) is 7.98. The predicted octanol–water partition coefficient (Wildman–Crippen LogP) is 3.14. The Morgan fingerprint density at radius 3 is 2.83 bits per heavy atom. The van der Waals surface area contributed by atoms with E-state index in [4.69, 9.17) is 4.74 Å². The molecule has 4 nitrogen and oxygen atoms in total. The second-order valence-corrected chi connectivity index (χ2v) is 8.69. The molecule has 1 saturated carbocycles. The molecule has 3 rings (SSSR count). The molecule has 0 bridgehead atoms. The van der Waals surface area contributed by atoms with Crippen LogP contribution in [0.5, 0.6) is 0 Å². The van der Waals surface area contributed by atoms with E-state index in [0.717, 1.165) is 25.5 Å². The molecule has 1 aromatic heterocycles. The van der Waals surface area contributed by atoms with E-state index in [1.165, 1.54) is 17.7 Å². The number of amides is 1. The Hall–Kier alpha value is -0.910. The number of hydrogen-bond acceptors (Lipinski definition) is 4. The first-order chi connectivity index (χ1) is 11.6. The van der Waals surface area contributed by atoms with Crippen molar-refractivity contribution in [3.63, 3.8) is 0 Å². The Labute approximate surface area is 149 Å². The van der Waals surface area contributed by atoms with Crippen molar-refractivity contribution in [2.45, 2.75) is 51.8 Å². The summed E-state index contributed by atoms with van der Waals surface area (Å²) in [6.45, 7) is 6.78. The molecular weight excluding hydrogens is 320 g/mol. The summed E-state index contributed by atoms with van der Waals surface area (Å²) in [7, 11) is 1.72. The molecule has 0 aromatic carbocycles. The van der Waals surface area contributed by atoms with Gasteiger partial charge in [0.05, 0.1) is 19.3 Å². The Morgan fingerprint density at radius 2 is 2.17 bits per heavy atom. The number of ether oxygens (including phenoxy) is 1. The first kappa shape index (κ1) is 17.9. The zero-order valence-corrected chi connectivity index (χ0v) is 15.8. The number of thiophene rings is 1. The molecule has 2 heterocycles. The van der Waals surface area contributed by atoms with Crippen LogP contribution in [0.3, 0.4) is 0 Å². The molecule has 2 aliphatic rings. The van der Waals surface area contributed by atoms with E-state index in [2.05, 4.69) is 41.6 Å². The molecule has 2 fully saturated rings. The van der Waals surface area contributed by atoms with E-state index in [1.807, 2.05) is 0 Å². The molecule has 134 valence electrons. The van der Waals surface area contributed by atoms with E-state index >= 15 is 0 Å². The molecule has 1 aliphatic carbocycles. The minimum atomic E-state index is 0.109. The molecule has 0 spiro atoms. The summed E-state index contributed by atoms with van der Waals surface area (Å²) in [5, 5.41) is 4.90. The number of carbonyl (C=O) groups excluding carboxylic acids is 1. The molecule has 0 radical (unpaired) electrons. The summed E-state index contributed by atoms with van der Waals surface area (Å²) in [6.07, 6.45) is 3.97. The van der Waals surface area contributed by atoms with E-state index in [0.29, 0.717) is 30.5 Å². The van der Waals surface area contributed by atoms with Crippen LogP contribution in [0.4, 0.5) is 0 Å². The van der Waals surface area contributed by atoms with Crippen LogP contribution in [0.1, 0.15) is 38.0 Å². The maximum atomic E-state index is 12.0. The minimum Gasteiger partial charge on any atom is -0.378 e. The van der Waals surface area contributed by atoms with Crippen molar-refractivity contribution in [1.29, 1.82) is 0 Å². The van der Waals surface area contributed by atoms with E-state index in [1.54, 1.807) is 18.4 Å². The standard InChI is InChI=1S/C19H30N2O2S/c1-13(2)18-9-14-7-16(8-15(14)12-23-18)21(11-19(22)20-3)10-17-5-4-6-24-17/h4-6,13-16,18H,7-12H2,1-3H3,(H,20,22)/t14-,15+,16-,18-/m0/s1. The van der Waals surface area contributed by atoms with E-state index < -0.39 is 0 Å². The van der Waals surface area contributed by atoms with Gasteiger partial charge in [0.15, 0.2) is 0 Å². The lowest BCUT2D eigenvalue weighted by atomic mass is 9.85. The average Bonchev–Trinajstić information content (AvgIpc) is 3.22. The Kier molecular flexibility index (Phi) is 5.95. The summed E-state index contributed by atoms with van der Waals surface area (Å²) in [5.41, 5.74) is 0. The van der Waals surface area contributed by atoms with Crippen LogP contribution < -0.4 is 5.32 Å². The maximum absolute atomic E-state index is 12.0. The molecule has 1 aromatic rings. The van der Waals surface area contributed by atoms with Crippen LogP contribution in [-0.2, 0) is 16.1 Å². The van der Waals surface area contributed by atoms with Gasteiger partial charge in [0, 0.05) is 24.5 Å². The third-order valence-corrected chi connectivity index (χ3v) is 6.56. The number of rotatable bonds is 6. The van der Waals surface area contributed by atoms with Crippen LogP contribution in [0.15, 0.2) is 17.5 Å². The largest absolute Gasteiger partial charge is 0.378 e. The van der Waals surface area contributed by atoms with Gasteiger partial charge in [0.25, 0.3) is 0 Å². The molecule has 1 aliphatic heterocycles. The van der Waals surface area contributed by atoms with Gasteiger partial charge in [0.1, 0.15) is 0 Å². The van der Waals surface area contributed by atoms with Gasteiger partial charge < -0.3 is 10.1 Å². The van der Waals surface area contributed by atoms with Crippen molar-refractivity contribution in [2.75, 3.05) is 20.2 Å². The summed E-state index contributed by atoms with van der Waals surface area (Å²) >= 11 is 1.78. The zero-order valence-electron chi connectivity index (χ0n) is 15.0. The summed E-state index contributed by atoms with van der Waals surface area (Å²) in [4.78, 5) is 15.7. The summed E-state index contributed by atoms with van der Waals surface area (Å²) < 4.78 is 6.09. The molecule has 1 N–H and O–H groups in total. The average molecular weight is 351 g/mol. The van der Waals surface area contributed by atoms with Crippen molar-refractivity contribution in [3.05, 3.63) is 22.4 Å². The highest BCUT2D eigenvalue weighted by Crippen LogP contribution is 2.42. The summed E-state index contributed by atoms with van der Waals surface area (Å²) in [5.74, 6) is 2.13.